The third kappa shape index (κ3) is 4.75. The van der Waals surface area contributed by atoms with Crippen molar-refractivity contribution in [2.45, 2.75) is 6.61 Å². The molecule has 29 heavy (non-hydrogen) atoms. The van der Waals surface area contributed by atoms with Crippen LogP contribution in [0.3, 0.4) is 0 Å². The Bertz CT molecular complexity index is 1110. The van der Waals surface area contributed by atoms with Crippen LogP contribution in [0.25, 0.3) is 6.08 Å². The van der Waals surface area contributed by atoms with Gasteiger partial charge in [0.2, 0.25) is 5.90 Å². The third-order valence-corrected chi connectivity index (χ3v) is 4.96. The minimum absolute atomic E-state index is 0.206. The zero-order valence-electron chi connectivity index (χ0n) is 15.1. The summed E-state index contributed by atoms with van der Waals surface area (Å²) in [6, 6.07) is 22.4. The van der Waals surface area contributed by atoms with Crippen LogP contribution in [0.1, 0.15) is 16.7 Å². The molecule has 1 heterocycles. The van der Waals surface area contributed by atoms with Crippen molar-refractivity contribution in [2.75, 3.05) is 0 Å². The molecule has 4 nitrogen and oxygen atoms in total. The van der Waals surface area contributed by atoms with E-state index in [-0.39, 0.29) is 11.6 Å². The van der Waals surface area contributed by atoms with Crippen LogP contribution in [0.15, 0.2) is 88.0 Å². The van der Waals surface area contributed by atoms with Crippen LogP contribution in [0.5, 0.6) is 5.75 Å². The number of benzene rings is 3. The van der Waals surface area contributed by atoms with Crippen LogP contribution in [0, 0.1) is 0 Å². The van der Waals surface area contributed by atoms with Crippen molar-refractivity contribution in [2.24, 2.45) is 4.99 Å². The molecule has 0 saturated heterocycles. The normalized spacial score (nSPS) is 14.6. The molecule has 3 aromatic carbocycles. The molecule has 1 aliphatic heterocycles. The molecule has 0 fully saturated rings. The number of ether oxygens (including phenoxy) is 2. The molecule has 0 aromatic heterocycles. The summed E-state index contributed by atoms with van der Waals surface area (Å²) in [5.41, 5.74) is 2.67. The Labute approximate surface area is 181 Å². The number of hydrogen-bond donors (Lipinski definition) is 0. The van der Waals surface area contributed by atoms with E-state index in [0.717, 1.165) is 15.6 Å². The Balaban J connectivity index is 1.62. The molecular formula is C23H15BrClNO3. The lowest BCUT2D eigenvalue weighted by atomic mass is 10.1. The molecule has 6 heteroatoms. The molecular weight excluding hydrogens is 454 g/mol. The van der Waals surface area contributed by atoms with E-state index >= 15 is 0 Å². The number of rotatable bonds is 5. The Morgan fingerprint density at radius 1 is 1.03 bits per heavy atom. The number of cyclic esters (lactones) is 1. The van der Waals surface area contributed by atoms with Gasteiger partial charge < -0.3 is 9.47 Å². The Hall–Kier alpha value is -2.89. The highest BCUT2D eigenvalue weighted by atomic mass is 79.9. The van der Waals surface area contributed by atoms with Gasteiger partial charge >= 0.3 is 5.97 Å². The molecule has 0 aliphatic carbocycles. The Morgan fingerprint density at radius 2 is 1.79 bits per heavy atom. The van der Waals surface area contributed by atoms with Crippen LogP contribution in [-0.4, -0.2) is 11.9 Å². The number of carbonyl (C=O) groups excluding carboxylic acids is 1. The maximum absolute atomic E-state index is 12.3. The van der Waals surface area contributed by atoms with E-state index in [4.69, 9.17) is 21.1 Å². The van der Waals surface area contributed by atoms with Gasteiger partial charge in [0.25, 0.3) is 0 Å². The van der Waals surface area contributed by atoms with Gasteiger partial charge in [-0.25, -0.2) is 9.79 Å². The average molecular weight is 469 g/mol. The second-order valence-electron chi connectivity index (χ2n) is 6.30. The summed E-state index contributed by atoms with van der Waals surface area (Å²) in [5, 5.41) is 0.601. The first kappa shape index (κ1) is 19.4. The van der Waals surface area contributed by atoms with Crippen molar-refractivity contribution in [3.8, 4) is 5.75 Å². The highest BCUT2D eigenvalue weighted by molar-refractivity contribution is 9.10. The van der Waals surface area contributed by atoms with E-state index in [1.54, 1.807) is 30.3 Å². The highest BCUT2D eigenvalue weighted by Crippen LogP contribution is 2.28. The molecule has 4 rings (SSSR count). The fourth-order valence-corrected chi connectivity index (χ4v) is 3.28. The first-order valence-electron chi connectivity index (χ1n) is 8.83. The SMILES string of the molecule is O=C1OC(c2ccc(Cl)cc2)=NC1=Cc1cc(Br)ccc1OCc1ccccc1. The summed E-state index contributed by atoms with van der Waals surface area (Å²) in [4.78, 5) is 16.7. The van der Waals surface area contributed by atoms with E-state index in [1.807, 2.05) is 48.5 Å². The van der Waals surface area contributed by atoms with Gasteiger partial charge in [-0.1, -0.05) is 57.9 Å². The van der Waals surface area contributed by atoms with Crippen molar-refractivity contribution < 1.29 is 14.3 Å². The van der Waals surface area contributed by atoms with Gasteiger partial charge in [-0.3, -0.25) is 0 Å². The average Bonchev–Trinajstić information content (AvgIpc) is 3.09. The van der Waals surface area contributed by atoms with Gasteiger partial charge in [0.1, 0.15) is 12.4 Å². The fourth-order valence-electron chi connectivity index (χ4n) is 2.77. The lowest BCUT2D eigenvalue weighted by Crippen LogP contribution is -2.05. The first-order chi connectivity index (χ1) is 14.1. The highest BCUT2D eigenvalue weighted by Gasteiger charge is 2.24. The summed E-state index contributed by atoms with van der Waals surface area (Å²) in [5.74, 6) is 0.385. The zero-order chi connectivity index (χ0) is 20.2. The number of halogens is 2. The van der Waals surface area contributed by atoms with Crippen LogP contribution >= 0.6 is 27.5 Å². The summed E-state index contributed by atoms with van der Waals surface area (Å²) in [7, 11) is 0. The quantitative estimate of drug-likeness (QED) is 0.339. The minimum Gasteiger partial charge on any atom is -0.488 e. The van der Waals surface area contributed by atoms with Crippen LogP contribution in [0.4, 0.5) is 0 Å². The molecule has 0 saturated carbocycles. The lowest BCUT2D eigenvalue weighted by molar-refractivity contribution is -0.129. The molecule has 0 amide bonds. The summed E-state index contributed by atoms with van der Waals surface area (Å²) in [6.07, 6.45) is 1.66. The molecule has 0 spiro atoms. The Kier molecular flexibility index (Phi) is 5.79. The first-order valence-corrected chi connectivity index (χ1v) is 10.0. The van der Waals surface area contributed by atoms with Crippen molar-refractivity contribution in [1.82, 2.24) is 0 Å². The molecule has 1 aliphatic rings. The molecule has 144 valence electrons. The van der Waals surface area contributed by atoms with Gasteiger partial charge in [0.05, 0.1) is 0 Å². The molecule has 0 atom stereocenters. The Morgan fingerprint density at radius 3 is 2.55 bits per heavy atom. The number of esters is 1. The number of aliphatic imine (C=N–C) groups is 1. The van der Waals surface area contributed by atoms with E-state index < -0.39 is 5.97 Å². The van der Waals surface area contributed by atoms with Gasteiger partial charge in [0.15, 0.2) is 5.70 Å². The van der Waals surface area contributed by atoms with Gasteiger partial charge in [-0.2, -0.15) is 0 Å². The lowest BCUT2D eigenvalue weighted by Gasteiger charge is -2.10. The third-order valence-electron chi connectivity index (χ3n) is 4.21. The largest absolute Gasteiger partial charge is 0.488 e. The maximum Gasteiger partial charge on any atom is 0.363 e. The molecule has 0 N–H and O–H groups in total. The van der Waals surface area contributed by atoms with Gasteiger partial charge in [-0.15, -0.1) is 0 Å². The summed E-state index contributed by atoms with van der Waals surface area (Å²) < 4.78 is 12.2. The van der Waals surface area contributed by atoms with Crippen LogP contribution in [-0.2, 0) is 16.1 Å². The number of nitrogens with zero attached hydrogens (tertiary/aromatic N) is 1. The van der Waals surface area contributed by atoms with Crippen molar-refractivity contribution in [1.29, 1.82) is 0 Å². The maximum atomic E-state index is 12.3. The summed E-state index contributed by atoms with van der Waals surface area (Å²) in [6.45, 7) is 0.419. The molecule has 0 radical (unpaired) electrons. The standard InChI is InChI=1S/C23H15BrClNO3/c24-18-8-11-21(28-14-15-4-2-1-3-5-15)17(12-18)13-20-23(27)29-22(26-20)16-6-9-19(25)10-7-16/h1-13H,14H2. The molecule has 3 aromatic rings. The van der Waals surface area contributed by atoms with Crippen LogP contribution in [0.2, 0.25) is 5.02 Å². The zero-order valence-corrected chi connectivity index (χ0v) is 17.5. The van der Waals surface area contributed by atoms with Crippen LogP contribution < -0.4 is 4.74 Å². The van der Waals surface area contributed by atoms with Crippen molar-refractivity contribution in [3.05, 3.63) is 105 Å². The molecule has 0 unspecified atom stereocenters. The second-order valence-corrected chi connectivity index (χ2v) is 7.65. The van der Waals surface area contributed by atoms with Crippen molar-refractivity contribution >= 4 is 45.5 Å². The van der Waals surface area contributed by atoms with E-state index in [9.17, 15) is 4.79 Å². The second kappa shape index (κ2) is 8.64. The minimum atomic E-state index is -0.510. The predicted molar refractivity (Wildman–Crippen MR) is 117 cm³/mol. The van der Waals surface area contributed by atoms with Crippen molar-refractivity contribution in [3.63, 3.8) is 0 Å². The number of carbonyl (C=O) groups is 1. The fraction of sp³-hybridized carbons (Fsp3) is 0.0435. The van der Waals surface area contributed by atoms with Gasteiger partial charge in [0, 0.05) is 20.6 Å². The molecule has 0 bridgehead atoms. The smallest absolute Gasteiger partial charge is 0.363 e. The predicted octanol–water partition coefficient (Wildman–Crippen LogP) is 6.03. The van der Waals surface area contributed by atoms with E-state index in [1.165, 1.54) is 0 Å². The number of hydrogen-bond acceptors (Lipinski definition) is 4. The van der Waals surface area contributed by atoms with E-state index in [0.29, 0.717) is 22.9 Å². The van der Waals surface area contributed by atoms with Gasteiger partial charge in [-0.05, 0) is 54.1 Å². The van der Waals surface area contributed by atoms with E-state index in [2.05, 4.69) is 20.9 Å². The monoisotopic (exact) mass is 467 g/mol. The summed E-state index contributed by atoms with van der Waals surface area (Å²) >= 11 is 9.37. The topological polar surface area (TPSA) is 47.9 Å².